The predicted molar refractivity (Wildman–Crippen MR) is 78.6 cm³/mol. The first kappa shape index (κ1) is 13.9. The molecule has 1 aromatic carbocycles. The van der Waals surface area contributed by atoms with E-state index in [0.29, 0.717) is 6.54 Å². The summed E-state index contributed by atoms with van der Waals surface area (Å²) in [5.74, 6) is 0.649. The second-order valence-corrected chi connectivity index (χ2v) is 5.59. The molecule has 1 aromatic rings. The number of rotatable bonds is 4. The Morgan fingerprint density at radius 2 is 2.26 bits per heavy atom. The van der Waals surface area contributed by atoms with Crippen molar-refractivity contribution < 1.29 is 9.59 Å². The molecule has 0 spiro atoms. The number of carbonyl (C=O) groups is 2. The summed E-state index contributed by atoms with van der Waals surface area (Å²) in [5.41, 5.74) is 3.06. The molecule has 0 aliphatic carbocycles. The van der Waals surface area contributed by atoms with Crippen LogP contribution in [-0.2, 0) is 11.2 Å². The van der Waals surface area contributed by atoms with Crippen molar-refractivity contribution in [3.63, 3.8) is 0 Å². The normalized spacial score (nSPS) is 14.8. The molecule has 1 fully saturated rings. The number of hydrogen-bond acceptors (Lipinski definition) is 3. The third-order valence-electron chi connectivity index (χ3n) is 3.18. The van der Waals surface area contributed by atoms with Gasteiger partial charge in [0.1, 0.15) is 6.54 Å². The van der Waals surface area contributed by atoms with Crippen LogP contribution in [0.3, 0.4) is 0 Å². The summed E-state index contributed by atoms with van der Waals surface area (Å²) in [6.07, 6.45) is 0.871. The van der Waals surface area contributed by atoms with E-state index in [1.165, 1.54) is 11.8 Å². The Labute approximate surface area is 117 Å². The zero-order chi connectivity index (χ0) is 13.8. The number of carbonyl (C=O) groups excluding carboxylic acids is 2. The van der Waals surface area contributed by atoms with Gasteiger partial charge in [0.2, 0.25) is 5.91 Å². The number of hydrogen-bond donors (Lipinski definition) is 1. The highest BCUT2D eigenvalue weighted by atomic mass is 32.2. The molecule has 0 unspecified atom stereocenters. The number of para-hydroxylation sites is 1. The predicted octanol–water partition coefficient (Wildman–Crippen LogP) is 2.66. The topological polar surface area (TPSA) is 49.4 Å². The molecule has 5 heteroatoms. The third-order valence-corrected chi connectivity index (χ3v) is 4.08. The van der Waals surface area contributed by atoms with Crippen LogP contribution >= 0.6 is 11.8 Å². The Kier molecular flexibility index (Phi) is 4.47. The number of amides is 2. The van der Waals surface area contributed by atoms with E-state index in [0.717, 1.165) is 29.0 Å². The van der Waals surface area contributed by atoms with Crippen molar-refractivity contribution in [1.29, 1.82) is 0 Å². The van der Waals surface area contributed by atoms with E-state index in [2.05, 4.69) is 12.2 Å². The van der Waals surface area contributed by atoms with Gasteiger partial charge in [-0.1, -0.05) is 36.9 Å². The molecule has 0 atom stereocenters. The lowest BCUT2D eigenvalue weighted by molar-refractivity contribution is -0.116. The fraction of sp³-hybridized carbons (Fsp3) is 0.429. The minimum absolute atomic E-state index is 0.00403. The number of thioether (sulfide) groups is 1. The van der Waals surface area contributed by atoms with Gasteiger partial charge in [-0.25, -0.2) is 0 Å². The van der Waals surface area contributed by atoms with Crippen LogP contribution in [-0.4, -0.2) is 34.9 Å². The number of aryl methyl sites for hydroxylation is 2. The van der Waals surface area contributed by atoms with Gasteiger partial charge in [-0.2, -0.15) is 0 Å². The van der Waals surface area contributed by atoms with Gasteiger partial charge >= 0.3 is 0 Å². The van der Waals surface area contributed by atoms with Crippen molar-refractivity contribution in [3.8, 4) is 0 Å². The van der Waals surface area contributed by atoms with Crippen LogP contribution in [0.4, 0.5) is 10.5 Å². The van der Waals surface area contributed by atoms with Crippen LogP contribution in [0.25, 0.3) is 0 Å². The Morgan fingerprint density at radius 3 is 2.89 bits per heavy atom. The smallest absolute Gasteiger partial charge is 0.282 e. The second kappa shape index (κ2) is 6.10. The highest BCUT2D eigenvalue weighted by molar-refractivity contribution is 8.13. The van der Waals surface area contributed by atoms with Crippen molar-refractivity contribution in [1.82, 2.24) is 4.90 Å². The van der Waals surface area contributed by atoms with Crippen molar-refractivity contribution >= 4 is 28.6 Å². The number of nitrogens with zero attached hydrogens (tertiary/aromatic N) is 1. The molecule has 1 N–H and O–H groups in total. The SMILES string of the molecule is CCc1cccc(C)c1NC(=O)CN1CCSC1=O. The van der Waals surface area contributed by atoms with Crippen molar-refractivity contribution in [2.24, 2.45) is 0 Å². The Balaban J connectivity index is 2.04. The molecule has 0 saturated carbocycles. The first-order chi connectivity index (χ1) is 9.11. The lowest BCUT2D eigenvalue weighted by atomic mass is 10.1. The van der Waals surface area contributed by atoms with E-state index in [4.69, 9.17) is 0 Å². The van der Waals surface area contributed by atoms with E-state index in [-0.39, 0.29) is 17.7 Å². The van der Waals surface area contributed by atoms with Crippen LogP contribution in [0.5, 0.6) is 0 Å². The molecule has 19 heavy (non-hydrogen) atoms. The minimum atomic E-state index is -0.125. The van der Waals surface area contributed by atoms with Gasteiger partial charge < -0.3 is 10.2 Å². The van der Waals surface area contributed by atoms with Crippen molar-refractivity contribution in [2.75, 3.05) is 24.2 Å². The average molecular weight is 278 g/mol. The zero-order valence-corrected chi connectivity index (χ0v) is 12.0. The highest BCUT2D eigenvalue weighted by Gasteiger charge is 2.23. The highest BCUT2D eigenvalue weighted by Crippen LogP contribution is 2.22. The van der Waals surface area contributed by atoms with E-state index in [9.17, 15) is 9.59 Å². The molecule has 0 radical (unpaired) electrons. The lowest BCUT2D eigenvalue weighted by Gasteiger charge is -2.16. The fourth-order valence-electron chi connectivity index (χ4n) is 2.12. The summed E-state index contributed by atoms with van der Waals surface area (Å²) in [5, 5.41) is 2.93. The largest absolute Gasteiger partial charge is 0.324 e. The molecule has 1 aliphatic heterocycles. The Bertz CT molecular complexity index is 502. The second-order valence-electron chi connectivity index (χ2n) is 4.55. The molecule has 2 amide bonds. The van der Waals surface area contributed by atoms with Gasteiger partial charge in [0.15, 0.2) is 0 Å². The molecule has 0 aromatic heterocycles. The Hall–Kier alpha value is -1.49. The number of benzene rings is 1. The lowest BCUT2D eigenvalue weighted by Crippen LogP contribution is -2.33. The fourth-order valence-corrected chi connectivity index (χ4v) is 2.95. The van der Waals surface area contributed by atoms with Crippen molar-refractivity contribution in [2.45, 2.75) is 20.3 Å². The Morgan fingerprint density at radius 1 is 1.47 bits per heavy atom. The molecule has 1 aliphatic rings. The molecule has 2 rings (SSSR count). The summed E-state index contributed by atoms with van der Waals surface area (Å²) in [7, 11) is 0. The molecule has 102 valence electrons. The van der Waals surface area contributed by atoms with E-state index >= 15 is 0 Å². The molecular weight excluding hydrogens is 260 g/mol. The summed E-state index contributed by atoms with van der Waals surface area (Å²) >= 11 is 1.27. The number of anilines is 1. The molecule has 0 bridgehead atoms. The van der Waals surface area contributed by atoms with E-state index in [1.54, 1.807) is 4.90 Å². The molecule has 4 nitrogen and oxygen atoms in total. The summed E-state index contributed by atoms with van der Waals surface area (Å²) in [6.45, 7) is 4.84. The first-order valence-electron chi connectivity index (χ1n) is 6.42. The van der Waals surface area contributed by atoms with Crippen LogP contribution < -0.4 is 5.32 Å². The quantitative estimate of drug-likeness (QED) is 0.921. The van der Waals surface area contributed by atoms with Crippen LogP contribution in [0.1, 0.15) is 18.1 Å². The molecular formula is C14H18N2O2S. The maximum absolute atomic E-state index is 12.0. The van der Waals surface area contributed by atoms with Crippen molar-refractivity contribution in [3.05, 3.63) is 29.3 Å². The zero-order valence-electron chi connectivity index (χ0n) is 11.2. The van der Waals surface area contributed by atoms with Gasteiger partial charge in [0, 0.05) is 18.0 Å². The van der Waals surface area contributed by atoms with Gasteiger partial charge in [-0.3, -0.25) is 9.59 Å². The maximum Gasteiger partial charge on any atom is 0.282 e. The van der Waals surface area contributed by atoms with E-state index < -0.39 is 0 Å². The standard InChI is InChI=1S/C14H18N2O2S/c1-3-11-6-4-5-10(2)13(11)15-12(17)9-16-7-8-19-14(16)18/h4-6H,3,7-9H2,1-2H3,(H,15,17). The minimum Gasteiger partial charge on any atom is -0.324 e. The maximum atomic E-state index is 12.0. The van der Waals surface area contributed by atoms with Gasteiger partial charge in [-0.15, -0.1) is 0 Å². The van der Waals surface area contributed by atoms with Crippen LogP contribution in [0.15, 0.2) is 18.2 Å². The van der Waals surface area contributed by atoms with Gasteiger partial charge in [-0.05, 0) is 24.5 Å². The van der Waals surface area contributed by atoms with Crippen LogP contribution in [0, 0.1) is 6.92 Å². The van der Waals surface area contributed by atoms with Crippen LogP contribution in [0.2, 0.25) is 0 Å². The monoisotopic (exact) mass is 278 g/mol. The average Bonchev–Trinajstić information content (AvgIpc) is 2.77. The molecule has 1 saturated heterocycles. The summed E-state index contributed by atoms with van der Waals surface area (Å²) in [6, 6.07) is 5.98. The summed E-state index contributed by atoms with van der Waals surface area (Å²) in [4.78, 5) is 25.1. The van der Waals surface area contributed by atoms with E-state index in [1.807, 2.05) is 25.1 Å². The third kappa shape index (κ3) is 3.29. The van der Waals surface area contributed by atoms with Gasteiger partial charge in [0.05, 0.1) is 0 Å². The molecule has 1 heterocycles. The first-order valence-corrected chi connectivity index (χ1v) is 7.40. The number of nitrogens with one attached hydrogen (secondary N) is 1. The van der Waals surface area contributed by atoms with Gasteiger partial charge in [0.25, 0.3) is 5.24 Å². The summed E-state index contributed by atoms with van der Waals surface area (Å²) < 4.78 is 0.